The summed E-state index contributed by atoms with van der Waals surface area (Å²) >= 11 is 0. The van der Waals surface area contributed by atoms with Crippen molar-refractivity contribution in [3.63, 3.8) is 0 Å². The molecule has 3 rings (SSSR count). The summed E-state index contributed by atoms with van der Waals surface area (Å²) in [7, 11) is 0. The lowest BCUT2D eigenvalue weighted by Gasteiger charge is -2.06. The SMILES string of the molecule is O=C(O)C(=Cc1ccc(-c2ccc(C(F)(F)F)cc2)o1)NC(=O)c1ccccc1. The second kappa shape index (κ2) is 8.05. The average molecular weight is 401 g/mol. The van der Waals surface area contributed by atoms with Crippen LogP contribution in [0.1, 0.15) is 21.7 Å². The number of hydrogen-bond acceptors (Lipinski definition) is 3. The van der Waals surface area contributed by atoms with Crippen LogP contribution < -0.4 is 5.32 Å². The van der Waals surface area contributed by atoms with Gasteiger partial charge in [-0.05, 0) is 36.4 Å². The number of carboxylic acid groups (broad SMARTS) is 1. The minimum Gasteiger partial charge on any atom is -0.477 e. The third kappa shape index (κ3) is 4.92. The molecule has 1 aromatic heterocycles. The predicted molar refractivity (Wildman–Crippen MR) is 98.7 cm³/mol. The van der Waals surface area contributed by atoms with Crippen LogP contribution in [-0.4, -0.2) is 17.0 Å². The first-order valence-electron chi connectivity index (χ1n) is 8.33. The van der Waals surface area contributed by atoms with Crippen LogP contribution in [0.3, 0.4) is 0 Å². The molecular formula is C21H14F3NO4. The molecule has 0 fully saturated rings. The zero-order valence-electron chi connectivity index (χ0n) is 14.7. The third-order valence-electron chi connectivity index (χ3n) is 3.92. The molecule has 0 saturated heterocycles. The largest absolute Gasteiger partial charge is 0.477 e. The van der Waals surface area contributed by atoms with E-state index in [-0.39, 0.29) is 17.1 Å². The van der Waals surface area contributed by atoms with Crippen LogP contribution in [0.4, 0.5) is 13.2 Å². The van der Waals surface area contributed by atoms with Gasteiger partial charge in [-0.15, -0.1) is 0 Å². The number of hydrogen-bond donors (Lipinski definition) is 2. The van der Waals surface area contributed by atoms with Gasteiger partial charge in [0.25, 0.3) is 5.91 Å². The molecule has 0 unspecified atom stereocenters. The predicted octanol–water partition coefficient (Wildman–Crippen LogP) is 4.82. The molecule has 0 radical (unpaired) electrons. The molecule has 148 valence electrons. The topological polar surface area (TPSA) is 79.5 Å². The molecule has 0 aliphatic heterocycles. The molecule has 0 saturated carbocycles. The maximum atomic E-state index is 12.7. The van der Waals surface area contributed by atoms with E-state index in [2.05, 4.69) is 5.32 Å². The number of carbonyl (C=O) groups excluding carboxylic acids is 1. The quantitative estimate of drug-likeness (QED) is 0.601. The van der Waals surface area contributed by atoms with Crippen molar-refractivity contribution in [3.8, 4) is 11.3 Å². The second-order valence-corrected chi connectivity index (χ2v) is 5.96. The molecule has 0 bridgehead atoms. The normalized spacial score (nSPS) is 11.9. The van der Waals surface area contributed by atoms with Gasteiger partial charge in [0.1, 0.15) is 17.2 Å². The van der Waals surface area contributed by atoms with E-state index in [1.54, 1.807) is 18.2 Å². The fourth-order valence-electron chi connectivity index (χ4n) is 2.49. The summed E-state index contributed by atoms with van der Waals surface area (Å²) in [5.41, 5.74) is -0.524. The van der Waals surface area contributed by atoms with Gasteiger partial charge in [0.05, 0.1) is 5.56 Å². The molecular weight excluding hydrogens is 387 g/mol. The number of nitrogens with one attached hydrogen (secondary N) is 1. The van der Waals surface area contributed by atoms with E-state index in [0.717, 1.165) is 18.2 Å². The summed E-state index contributed by atoms with van der Waals surface area (Å²) in [6.45, 7) is 0. The summed E-state index contributed by atoms with van der Waals surface area (Å²) in [6.07, 6.45) is -3.32. The van der Waals surface area contributed by atoms with E-state index in [9.17, 15) is 27.9 Å². The Labute approximate surface area is 163 Å². The fourth-order valence-corrected chi connectivity index (χ4v) is 2.49. The number of amides is 1. The minimum atomic E-state index is -4.44. The van der Waals surface area contributed by atoms with Crippen LogP contribution in [0.25, 0.3) is 17.4 Å². The van der Waals surface area contributed by atoms with E-state index in [0.29, 0.717) is 5.56 Å². The van der Waals surface area contributed by atoms with Crippen LogP contribution in [0.5, 0.6) is 0 Å². The first kappa shape index (κ1) is 19.9. The highest BCUT2D eigenvalue weighted by molar-refractivity contribution is 6.02. The van der Waals surface area contributed by atoms with Gasteiger partial charge in [0.2, 0.25) is 0 Å². The van der Waals surface area contributed by atoms with Crippen molar-refractivity contribution in [1.29, 1.82) is 0 Å². The maximum absolute atomic E-state index is 12.7. The van der Waals surface area contributed by atoms with Crippen molar-refractivity contribution in [2.45, 2.75) is 6.18 Å². The van der Waals surface area contributed by atoms with Crippen molar-refractivity contribution >= 4 is 18.0 Å². The van der Waals surface area contributed by atoms with E-state index in [1.807, 2.05) is 0 Å². The van der Waals surface area contributed by atoms with Crippen LogP contribution in [0, 0.1) is 0 Å². The molecule has 1 amide bonds. The summed E-state index contributed by atoms with van der Waals surface area (Å²) in [4.78, 5) is 23.6. The first-order chi connectivity index (χ1) is 13.7. The molecule has 3 aromatic rings. The first-order valence-corrected chi connectivity index (χ1v) is 8.33. The fraction of sp³-hybridized carbons (Fsp3) is 0.0476. The number of carboxylic acids is 1. The van der Waals surface area contributed by atoms with Crippen LogP contribution in [0.2, 0.25) is 0 Å². The van der Waals surface area contributed by atoms with Crippen molar-refractivity contribution < 1.29 is 32.3 Å². The van der Waals surface area contributed by atoms with Crippen molar-refractivity contribution in [3.05, 3.63) is 89.3 Å². The van der Waals surface area contributed by atoms with Gasteiger partial charge in [0.15, 0.2) is 0 Å². The Bertz CT molecular complexity index is 1050. The van der Waals surface area contributed by atoms with Crippen LogP contribution in [-0.2, 0) is 11.0 Å². The molecule has 8 heteroatoms. The minimum absolute atomic E-state index is 0.116. The number of benzene rings is 2. The van der Waals surface area contributed by atoms with Crippen LogP contribution >= 0.6 is 0 Å². The Hall–Kier alpha value is -3.81. The molecule has 1 heterocycles. The molecule has 29 heavy (non-hydrogen) atoms. The average Bonchev–Trinajstić information content (AvgIpc) is 3.16. The summed E-state index contributed by atoms with van der Waals surface area (Å²) in [5, 5.41) is 11.6. The smallest absolute Gasteiger partial charge is 0.416 e. The molecule has 5 nitrogen and oxygen atoms in total. The summed E-state index contributed by atoms with van der Waals surface area (Å²) < 4.78 is 43.4. The lowest BCUT2D eigenvalue weighted by atomic mass is 10.1. The van der Waals surface area contributed by atoms with Crippen molar-refractivity contribution in [2.24, 2.45) is 0 Å². The lowest BCUT2D eigenvalue weighted by molar-refractivity contribution is -0.137. The van der Waals surface area contributed by atoms with Gasteiger partial charge in [-0.1, -0.05) is 30.3 Å². The van der Waals surface area contributed by atoms with Gasteiger partial charge in [-0.2, -0.15) is 13.2 Å². The Morgan fingerprint density at radius 1 is 0.931 bits per heavy atom. The van der Waals surface area contributed by atoms with Crippen molar-refractivity contribution in [1.82, 2.24) is 5.32 Å². The van der Waals surface area contributed by atoms with Crippen LogP contribution in [0.15, 0.2) is 76.8 Å². The van der Waals surface area contributed by atoms with Crippen molar-refractivity contribution in [2.75, 3.05) is 0 Å². The Morgan fingerprint density at radius 3 is 2.17 bits per heavy atom. The molecule has 0 spiro atoms. The van der Waals surface area contributed by atoms with E-state index in [1.165, 1.54) is 36.4 Å². The number of halogens is 3. The van der Waals surface area contributed by atoms with Gasteiger partial charge in [-0.25, -0.2) is 4.79 Å². The van der Waals surface area contributed by atoms with Gasteiger partial charge in [-0.3, -0.25) is 4.79 Å². The molecule has 2 aromatic carbocycles. The number of aliphatic carboxylic acids is 1. The van der Waals surface area contributed by atoms with E-state index in [4.69, 9.17) is 4.42 Å². The molecule has 0 aliphatic carbocycles. The monoisotopic (exact) mass is 401 g/mol. The molecule has 2 N–H and O–H groups in total. The molecule has 0 aliphatic rings. The highest BCUT2D eigenvalue weighted by atomic mass is 19.4. The second-order valence-electron chi connectivity index (χ2n) is 5.96. The van der Waals surface area contributed by atoms with E-state index < -0.39 is 29.3 Å². The maximum Gasteiger partial charge on any atom is 0.416 e. The standard InChI is InChI=1S/C21H14F3NO4/c22-21(23,24)15-8-6-13(7-9-15)18-11-10-16(29-18)12-17(20(27)28)25-19(26)14-4-2-1-3-5-14/h1-12H,(H,25,26)(H,27,28). The third-order valence-corrected chi connectivity index (χ3v) is 3.92. The van der Waals surface area contributed by atoms with Gasteiger partial charge in [0, 0.05) is 17.2 Å². The Kier molecular flexibility index (Phi) is 5.54. The van der Waals surface area contributed by atoms with E-state index >= 15 is 0 Å². The number of carbonyl (C=O) groups is 2. The highest BCUT2D eigenvalue weighted by Crippen LogP contribution is 2.31. The number of furan rings is 1. The Morgan fingerprint density at radius 2 is 1.59 bits per heavy atom. The van der Waals surface area contributed by atoms with Gasteiger partial charge < -0.3 is 14.8 Å². The zero-order chi connectivity index (χ0) is 21.0. The zero-order valence-corrected chi connectivity index (χ0v) is 14.7. The lowest BCUT2D eigenvalue weighted by Crippen LogP contribution is -2.27. The highest BCUT2D eigenvalue weighted by Gasteiger charge is 2.30. The number of rotatable bonds is 5. The summed E-state index contributed by atoms with van der Waals surface area (Å²) in [6, 6.07) is 15.4. The molecule has 0 atom stereocenters. The Balaban J connectivity index is 1.81. The summed E-state index contributed by atoms with van der Waals surface area (Å²) in [5.74, 6) is -1.61. The number of alkyl halides is 3. The van der Waals surface area contributed by atoms with Gasteiger partial charge >= 0.3 is 12.1 Å².